The fraction of sp³-hybridized carbons (Fsp3) is 0.667. The van der Waals surface area contributed by atoms with Gasteiger partial charge in [0.05, 0.1) is 8.67 Å². The number of nitrogens with zero attached hydrogens (tertiary/aromatic N) is 1. The topological polar surface area (TPSA) is 32.3 Å². The molecule has 0 radical (unpaired) electrons. The van der Waals surface area contributed by atoms with Crippen LogP contribution >= 0.6 is 34.5 Å². The van der Waals surface area contributed by atoms with E-state index in [2.05, 4.69) is 5.32 Å². The van der Waals surface area contributed by atoms with E-state index in [-0.39, 0.29) is 5.91 Å². The third-order valence-electron chi connectivity index (χ3n) is 4.02. The normalized spacial score (nSPS) is 16.4. The van der Waals surface area contributed by atoms with Gasteiger partial charge in [-0.2, -0.15) is 0 Å². The average molecular weight is 349 g/mol. The summed E-state index contributed by atoms with van der Waals surface area (Å²) in [6.07, 6.45) is 4.48. The molecule has 1 aliphatic rings. The highest BCUT2D eigenvalue weighted by molar-refractivity contribution is 7.20. The van der Waals surface area contributed by atoms with Crippen LogP contribution in [-0.4, -0.2) is 37.5 Å². The van der Waals surface area contributed by atoms with Crippen molar-refractivity contribution in [3.8, 4) is 0 Å². The quantitative estimate of drug-likeness (QED) is 0.846. The standard InChI is InChI=1S/C15H22Cl2N2OS/c1-18-10-11-5-7-19(8-6-11)14(20)4-2-3-12-9-13(16)21-15(12)17/h9,11,18H,2-8,10H2,1H3. The summed E-state index contributed by atoms with van der Waals surface area (Å²) in [5.74, 6) is 0.987. The minimum absolute atomic E-state index is 0.273. The monoisotopic (exact) mass is 348 g/mol. The van der Waals surface area contributed by atoms with Crippen molar-refractivity contribution in [1.29, 1.82) is 0 Å². The van der Waals surface area contributed by atoms with Crippen LogP contribution in [0.1, 0.15) is 31.2 Å². The zero-order valence-electron chi connectivity index (χ0n) is 12.3. The van der Waals surface area contributed by atoms with E-state index in [0.29, 0.717) is 16.7 Å². The van der Waals surface area contributed by atoms with Crippen molar-refractivity contribution in [2.75, 3.05) is 26.7 Å². The molecule has 1 fully saturated rings. The maximum Gasteiger partial charge on any atom is 0.222 e. The van der Waals surface area contributed by atoms with Gasteiger partial charge in [0.25, 0.3) is 0 Å². The van der Waals surface area contributed by atoms with Crippen LogP contribution in [0.4, 0.5) is 0 Å². The Hall–Kier alpha value is -0.290. The molecule has 6 heteroatoms. The molecule has 0 atom stereocenters. The van der Waals surface area contributed by atoms with E-state index in [1.54, 1.807) is 0 Å². The van der Waals surface area contributed by atoms with Gasteiger partial charge < -0.3 is 10.2 Å². The molecule has 1 saturated heterocycles. The zero-order valence-corrected chi connectivity index (χ0v) is 14.7. The van der Waals surface area contributed by atoms with Gasteiger partial charge in [-0.1, -0.05) is 23.2 Å². The highest BCUT2D eigenvalue weighted by Gasteiger charge is 2.21. The van der Waals surface area contributed by atoms with Crippen LogP contribution in [0.15, 0.2) is 6.07 Å². The van der Waals surface area contributed by atoms with Gasteiger partial charge in [-0.05, 0) is 56.8 Å². The summed E-state index contributed by atoms with van der Waals surface area (Å²) in [7, 11) is 1.99. The molecule has 0 bridgehead atoms. The van der Waals surface area contributed by atoms with Gasteiger partial charge in [0, 0.05) is 19.5 Å². The number of nitrogens with one attached hydrogen (secondary N) is 1. The molecule has 1 N–H and O–H groups in total. The lowest BCUT2D eigenvalue weighted by molar-refractivity contribution is -0.132. The van der Waals surface area contributed by atoms with Gasteiger partial charge in [-0.3, -0.25) is 4.79 Å². The molecule has 0 spiro atoms. The number of carbonyl (C=O) groups is 1. The maximum atomic E-state index is 12.2. The van der Waals surface area contributed by atoms with Crippen LogP contribution in [0, 0.1) is 5.92 Å². The first-order valence-corrected chi connectivity index (χ1v) is 9.03. The number of piperidine rings is 1. The number of hydrogen-bond donors (Lipinski definition) is 1. The van der Waals surface area contributed by atoms with E-state index >= 15 is 0 Å². The minimum Gasteiger partial charge on any atom is -0.343 e. The highest BCUT2D eigenvalue weighted by Crippen LogP contribution is 2.32. The molecular formula is C15H22Cl2N2OS. The Morgan fingerprint density at radius 1 is 1.43 bits per heavy atom. The molecular weight excluding hydrogens is 327 g/mol. The lowest BCUT2D eigenvalue weighted by atomic mass is 9.96. The van der Waals surface area contributed by atoms with Gasteiger partial charge in [-0.25, -0.2) is 0 Å². The Morgan fingerprint density at radius 3 is 2.71 bits per heavy atom. The first kappa shape index (κ1) is 17.1. The molecule has 1 aromatic rings. The second-order valence-electron chi connectivity index (χ2n) is 5.58. The number of carbonyl (C=O) groups excluding carboxylic acids is 1. The van der Waals surface area contributed by atoms with Crippen molar-refractivity contribution in [2.24, 2.45) is 5.92 Å². The van der Waals surface area contributed by atoms with E-state index in [0.717, 1.165) is 55.2 Å². The van der Waals surface area contributed by atoms with E-state index in [9.17, 15) is 4.79 Å². The number of halogens is 2. The fourth-order valence-corrected chi connectivity index (χ4v) is 4.35. The molecule has 0 aliphatic carbocycles. The molecule has 1 aliphatic heterocycles. The molecule has 0 unspecified atom stereocenters. The van der Waals surface area contributed by atoms with Crippen LogP contribution in [0.2, 0.25) is 8.67 Å². The summed E-state index contributed by atoms with van der Waals surface area (Å²) in [6.45, 7) is 2.85. The molecule has 2 heterocycles. The second-order valence-corrected chi connectivity index (χ2v) is 7.87. The first-order chi connectivity index (χ1) is 10.1. The third kappa shape index (κ3) is 5.13. The van der Waals surface area contributed by atoms with Crippen molar-refractivity contribution < 1.29 is 4.79 Å². The number of aryl methyl sites for hydroxylation is 1. The predicted octanol–water partition coefficient (Wildman–Crippen LogP) is 3.84. The van der Waals surface area contributed by atoms with Crippen molar-refractivity contribution in [2.45, 2.75) is 32.1 Å². The zero-order chi connectivity index (χ0) is 15.2. The summed E-state index contributed by atoms with van der Waals surface area (Å²) < 4.78 is 1.47. The van der Waals surface area contributed by atoms with Gasteiger partial charge in [0.15, 0.2) is 0 Å². The maximum absolute atomic E-state index is 12.2. The van der Waals surface area contributed by atoms with Gasteiger partial charge in [-0.15, -0.1) is 11.3 Å². The SMILES string of the molecule is CNCC1CCN(C(=O)CCCc2cc(Cl)sc2Cl)CC1. The van der Waals surface area contributed by atoms with E-state index in [1.807, 2.05) is 18.0 Å². The summed E-state index contributed by atoms with van der Waals surface area (Å²) >= 11 is 13.4. The van der Waals surface area contributed by atoms with Gasteiger partial charge >= 0.3 is 0 Å². The minimum atomic E-state index is 0.273. The molecule has 2 rings (SSSR count). The highest BCUT2D eigenvalue weighted by atomic mass is 35.5. The van der Waals surface area contributed by atoms with Crippen LogP contribution in [0.3, 0.4) is 0 Å². The molecule has 118 valence electrons. The Labute approximate surface area is 140 Å². The first-order valence-electron chi connectivity index (χ1n) is 7.46. The predicted molar refractivity (Wildman–Crippen MR) is 90.5 cm³/mol. The third-order valence-corrected chi connectivity index (χ3v) is 5.59. The lowest BCUT2D eigenvalue weighted by Gasteiger charge is -2.32. The number of amides is 1. The number of hydrogen-bond acceptors (Lipinski definition) is 3. The summed E-state index contributed by atoms with van der Waals surface area (Å²) in [5.41, 5.74) is 1.06. The lowest BCUT2D eigenvalue weighted by Crippen LogP contribution is -2.40. The largest absolute Gasteiger partial charge is 0.343 e. The van der Waals surface area contributed by atoms with Crippen LogP contribution in [-0.2, 0) is 11.2 Å². The van der Waals surface area contributed by atoms with E-state index in [4.69, 9.17) is 23.2 Å². The molecule has 0 aromatic carbocycles. The molecule has 21 heavy (non-hydrogen) atoms. The Balaban J connectivity index is 1.69. The van der Waals surface area contributed by atoms with Crippen LogP contribution < -0.4 is 5.32 Å². The summed E-state index contributed by atoms with van der Waals surface area (Å²) in [4.78, 5) is 14.2. The van der Waals surface area contributed by atoms with Gasteiger partial charge in [0.1, 0.15) is 0 Å². The second kappa shape index (κ2) is 8.37. The molecule has 3 nitrogen and oxygen atoms in total. The Bertz CT molecular complexity index is 470. The number of rotatable bonds is 6. The van der Waals surface area contributed by atoms with E-state index < -0.39 is 0 Å². The van der Waals surface area contributed by atoms with Crippen molar-refractivity contribution in [3.05, 3.63) is 20.3 Å². The average Bonchev–Trinajstić information content (AvgIpc) is 2.78. The molecule has 1 amide bonds. The van der Waals surface area contributed by atoms with Crippen molar-refractivity contribution >= 4 is 40.4 Å². The van der Waals surface area contributed by atoms with Crippen LogP contribution in [0.25, 0.3) is 0 Å². The fourth-order valence-electron chi connectivity index (χ4n) is 2.81. The van der Waals surface area contributed by atoms with Crippen molar-refractivity contribution in [1.82, 2.24) is 10.2 Å². The van der Waals surface area contributed by atoms with Gasteiger partial charge in [0.2, 0.25) is 5.91 Å². The Morgan fingerprint density at radius 2 is 2.14 bits per heavy atom. The number of thiophene rings is 1. The molecule has 0 saturated carbocycles. The van der Waals surface area contributed by atoms with Crippen LogP contribution in [0.5, 0.6) is 0 Å². The summed E-state index contributed by atoms with van der Waals surface area (Å²) in [6, 6.07) is 1.91. The Kier molecular flexibility index (Phi) is 6.80. The summed E-state index contributed by atoms with van der Waals surface area (Å²) in [5, 5.41) is 3.22. The van der Waals surface area contributed by atoms with Crippen molar-refractivity contribution in [3.63, 3.8) is 0 Å². The smallest absolute Gasteiger partial charge is 0.222 e. The number of likely N-dealkylation sites (tertiary alicyclic amines) is 1. The molecule has 1 aromatic heterocycles. The van der Waals surface area contributed by atoms with E-state index in [1.165, 1.54) is 11.3 Å².